The number of rotatable bonds is 7. The fourth-order valence-electron chi connectivity index (χ4n) is 1.68. The first-order chi connectivity index (χ1) is 11.5. The van der Waals surface area contributed by atoms with Gasteiger partial charge in [-0.15, -0.1) is 6.42 Å². The molecule has 0 saturated carbocycles. The van der Waals surface area contributed by atoms with E-state index >= 15 is 0 Å². The lowest BCUT2D eigenvalue weighted by Gasteiger charge is -2.16. The fraction of sp³-hybridized carbons (Fsp3) is 0.286. The van der Waals surface area contributed by atoms with E-state index in [1.54, 1.807) is 5.32 Å². The van der Waals surface area contributed by atoms with E-state index in [0.717, 1.165) is 24.3 Å². The molecular weight excluding hydrogens is 365 g/mol. The Kier molecular flexibility index (Phi) is 6.55. The van der Waals surface area contributed by atoms with Gasteiger partial charge in [0, 0.05) is 5.56 Å². The molecule has 0 aromatic heterocycles. The van der Waals surface area contributed by atoms with Crippen molar-refractivity contribution in [1.29, 1.82) is 0 Å². The van der Waals surface area contributed by atoms with E-state index in [1.807, 2.05) is 0 Å². The predicted molar refractivity (Wildman–Crippen MR) is 80.0 cm³/mol. The van der Waals surface area contributed by atoms with Crippen LogP contribution in [0.1, 0.15) is 16.8 Å². The van der Waals surface area contributed by atoms with E-state index in [1.165, 1.54) is 0 Å². The molecule has 0 aliphatic rings. The van der Waals surface area contributed by atoms with Gasteiger partial charge >= 0.3 is 12.1 Å². The Morgan fingerprint density at radius 1 is 1.24 bits per heavy atom. The monoisotopic (exact) mass is 378 g/mol. The Bertz CT molecular complexity index is 782. The quantitative estimate of drug-likeness (QED) is 0.606. The summed E-state index contributed by atoms with van der Waals surface area (Å²) in [7, 11) is -3.89. The smallest absolute Gasteiger partial charge is 0.391 e. The summed E-state index contributed by atoms with van der Waals surface area (Å²) in [6.07, 6.45) is -1.59. The molecule has 11 heteroatoms. The largest absolute Gasteiger partial charge is 0.480 e. The number of carboxylic acid groups (broad SMARTS) is 1. The first-order valence-corrected chi connectivity index (χ1v) is 8.08. The van der Waals surface area contributed by atoms with E-state index in [2.05, 4.69) is 10.6 Å². The molecule has 0 saturated heterocycles. The van der Waals surface area contributed by atoms with Gasteiger partial charge in [-0.1, -0.05) is 5.92 Å². The number of carboxylic acids is 1. The molecule has 0 fully saturated rings. The molecule has 1 rings (SSSR count). The van der Waals surface area contributed by atoms with Crippen LogP contribution in [0.25, 0.3) is 0 Å². The van der Waals surface area contributed by atoms with Gasteiger partial charge in [0.05, 0.1) is 17.9 Å². The molecule has 0 aliphatic heterocycles. The van der Waals surface area contributed by atoms with Crippen LogP contribution in [0.3, 0.4) is 0 Å². The van der Waals surface area contributed by atoms with Crippen molar-refractivity contribution >= 4 is 21.9 Å². The summed E-state index contributed by atoms with van der Waals surface area (Å²) in [5.74, 6) is -0.858. The molecule has 3 N–H and O–H groups in total. The lowest BCUT2D eigenvalue weighted by molar-refractivity contribution is -0.157. The highest BCUT2D eigenvalue weighted by Crippen LogP contribution is 2.22. The third kappa shape index (κ3) is 6.44. The Balaban J connectivity index is 2.90. The van der Waals surface area contributed by atoms with Gasteiger partial charge in [-0.2, -0.15) is 17.9 Å². The molecule has 0 heterocycles. The number of alkyl halides is 3. The Labute approximate surface area is 141 Å². The minimum absolute atomic E-state index is 0.204. The summed E-state index contributed by atoms with van der Waals surface area (Å²) >= 11 is 0. The third-order valence-electron chi connectivity index (χ3n) is 2.83. The second kappa shape index (κ2) is 8.00. The normalized spacial score (nSPS) is 12.9. The van der Waals surface area contributed by atoms with Crippen LogP contribution in [-0.4, -0.2) is 44.2 Å². The van der Waals surface area contributed by atoms with Crippen LogP contribution >= 0.6 is 0 Å². The van der Waals surface area contributed by atoms with Gasteiger partial charge in [0.1, 0.15) is 6.04 Å². The second-order valence-corrected chi connectivity index (χ2v) is 6.50. The van der Waals surface area contributed by atoms with E-state index in [4.69, 9.17) is 11.5 Å². The van der Waals surface area contributed by atoms with Gasteiger partial charge in [0.25, 0.3) is 5.91 Å². The average Bonchev–Trinajstić information content (AvgIpc) is 2.51. The van der Waals surface area contributed by atoms with Crippen LogP contribution in [0.2, 0.25) is 0 Å². The molecule has 1 aromatic rings. The zero-order valence-corrected chi connectivity index (χ0v) is 13.3. The SMILES string of the molecule is C#CCNS(=O)(=O)c1ccc(C(=O)NC(CC(F)(F)F)C(=O)O)cc1. The molecular formula is C14H13F3N2O5S. The predicted octanol–water partition coefficient (Wildman–Crippen LogP) is 0.733. The summed E-state index contributed by atoms with van der Waals surface area (Å²) < 4.78 is 62.6. The number of aliphatic carboxylic acids is 1. The first-order valence-electron chi connectivity index (χ1n) is 6.60. The van der Waals surface area contributed by atoms with Crippen LogP contribution in [-0.2, 0) is 14.8 Å². The second-order valence-electron chi connectivity index (χ2n) is 4.74. The molecule has 7 nitrogen and oxygen atoms in total. The maximum absolute atomic E-state index is 12.3. The lowest BCUT2D eigenvalue weighted by Crippen LogP contribution is -2.43. The number of amides is 1. The first kappa shape index (κ1) is 20.5. The number of terminal acetylenes is 1. The number of sulfonamides is 1. The Morgan fingerprint density at radius 3 is 2.24 bits per heavy atom. The van der Waals surface area contributed by atoms with Crippen molar-refractivity contribution in [3.05, 3.63) is 29.8 Å². The van der Waals surface area contributed by atoms with Crippen molar-refractivity contribution in [2.45, 2.75) is 23.5 Å². The van der Waals surface area contributed by atoms with Crippen LogP contribution in [0.4, 0.5) is 13.2 Å². The summed E-state index contributed by atoms with van der Waals surface area (Å²) in [5, 5.41) is 10.5. The van der Waals surface area contributed by atoms with Crippen LogP contribution in [0.15, 0.2) is 29.2 Å². The Morgan fingerprint density at radius 2 is 1.80 bits per heavy atom. The number of benzene rings is 1. The molecule has 0 aliphatic carbocycles. The van der Waals surface area contributed by atoms with Gasteiger partial charge in [-0.05, 0) is 24.3 Å². The lowest BCUT2D eigenvalue weighted by atomic mass is 10.1. The van der Waals surface area contributed by atoms with Gasteiger partial charge in [0.15, 0.2) is 0 Å². The maximum atomic E-state index is 12.3. The number of halogens is 3. The minimum atomic E-state index is -4.78. The van der Waals surface area contributed by atoms with E-state index < -0.39 is 40.5 Å². The molecule has 0 spiro atoms. The molecule has 1 aromatic carbocycles. The maximum Gasteiger partial charge on any atom is 0.391 e. The Hall–Kier alpha value is -2.58. The fourth-order valence-corrected chi connectivity index (χ4v) is 2.61. The highest BCUT2D eigenvalue weighted by molar-refractivity contribution is 7.89. The summed E-state index contributed by atoms with van der Waals surface area (Å²) in [6, 6.07) is 1.98. The molecule has 0 bridgehead atoms. The van der Waals surface area contributed by atoms with Crippen LogP contribution in [0, 0.1) is 12.3 Å². The van der Waals surface area contributed by atoms with Gasteiger partial charge in [-0.25, -0.2) is 13.2 Å². The van der Waals surface area contributed by atoms with Crippen molar-refractivity contribution in [1.82, 2.24) is 10.0 Å². The average molecular weight is 378 g/mol. The number of hydrogen-bond acceptors (Lipinski definition) is 4. The highest BCUT2D eigenvalue weighted by Gasteiger charge is 2.36. The molecule has 0 radical (unpaired) electrons. The van der Waals surface area contributed by atoms with E-state index in [-0.39, 0.29) is 17.0 Å². The third-order valence-corrected chi connectivity index (χ3v) is 4.25. The topological polar surface area (TPSA) is 113 Å². The van der Waals surface area contributed by atoms with Gasteiger partial charge < -0.3 is 10.4 Å². The van der Waals surface area contributed by atoms with Crippen LogP contribution < -0.4 is 10.0 Å². The zero-order valence-electron chi connectivity index (χ0n) is 12.5. The standard InChI is InChI=1S/C14H13F3N2O5S/c1-2-7-18-25(23,24)10-5-3-9(4-6-10)12(20)19-11(13(21)22)8-14(15,16)17/h1,3-6,11,18H,7-8H2,(H,19,20)(H,21,22). The van der Waals surface area contributed by atoms with Gasteiger partial charge in [0.2, 0.25) is 10.0 Å². The molecule has 136 valence electrons. The van der Waals surface area contributed by atoms with E-state index in [9.17, 15) is 31.2 Å². The van der Waals surface area contributed by atoms with Crippen molar-refractivity contribution < 1.29 is 36.3 Å². The summed E-state index contributed by atoms with van der Waals surface area (Å²) in [4.78, 5) is 22.4. The number of hydrogen-bond donors (Lipinski definition) is 3. The van der Waals surface area contributed by atoms with Crippen molar-refractivity contribution in [3.8, 4) is 12.3 Å². The van der Waals surface area contributed by atoms with Gasteiger partial charge in [-0.3, -0.25) is 4.79 Å². The zero-order chi connectivity index (χ0) is 19.3. The number of carbonyl (C=O) groups excluding carboxylic acids is 1. The van der Waals surface area contributed by atoms with Crippen molar-refractivity contribution in [3.63, 3.8) is 0 Å². The summed E-state index contributed by atoms with van der Waals surface area (Å²) in [6.45, 7) is -0.248. The highest BCUT2D eigenvalue weighted by atomic mass is 32.2. The van der Waals surface area contributed by atoms with Crippen molar-refractivity contribution in [2.24, 2.45) is 0 Å². The van der Waals surface area contributed by atoms with Crippen LogP contribution in [0.5, 0.6) is 0 Å². The molecule has 1 atom stereocenters. The number of carbonyl (C=O) groups is 2. The molecule has 25 heavy (non-hydrogen) atoms. The molecule has 1 unspecified atom stereocenters. The minimum Gasteiger partial charge on any atom is -0.480 e. The number of nitrogens with one attached hydrogen (secondary N) is 2. The van der Waals surface area contributed by atoms with Crippen molar-refractivity contribution in [2.75, 3.05) is 6.54 Å². The van der Waals surface area contributed by atoms with E-state index in [0.29, 0.717) is 0 Å². The molecule has 1 amide bonds. The summed E-state index contributed by atoms with van der Waals surface area (Å²) in [5.41, 5.74) is -0.204.